The van der Waals surface area contributed by atoms with Crippen molar-refractivity contribution in [3.63, 3.8) is 0 Å². The van der Waals surface area contributed by atoms with Gasteiger partial charge in [0.05, 0.1) is 5.71 Å². The van der Waals surface area contributed by atoms with Crippen LogP contribution in [-0.2, 0) is 21.0 Å². The van der Waals surface area contributed by atoms with E-state index in [1.165, 1.54) is 11.3 Å². The SMILES string of the molecule is CCOCc1nnc(NC(=O)C2(C)CC(c3ccccc3)=NO2)s1. The summed E-state index contributed by atoms with van der Waals surface area (Å²) in [5.74, 6) is -0.295. The van der Waals surface area contributed by atoms with Gasteiger partial charge in [-0.3, -0.25) is 10.1 Å². The first-order chi connectivity index (χ1) is 11.6. The molecule has 1 atom stereocenters. The fourth-order valence-electron chi connectivity index (χ4n) is 2.23. The Balaban J connectivity index is 1.62. The normalized spacial score (nSPS) is 19.7. The van der Waals surface area contributed by atoms with Gasteiger partial charge in [0, 0.05) is 13.0 Å². The molecule has 7 nitrogen and oxygen atoms in total. The van der Waals surface area contributed by atoms with E-state index in [1.54, 1.807) is 6.92 Å². The number of hydrogen-bond donors (Lipinski definition) is 1. The first-order valence-corrected chi connectivity index (χ1v) is 8.44. The van der Waals surface area contributed by atoms with E-state index in [-0.39, 0.29) is 5.91 Å². The summed E-state index contributed by atoms with van der Waals surface area (Å²) < 4.78 is 5.27. The van der Waals surface area contributed by atoms with Crippen LogP contribution in [0.4, 0.5) is 5.13 Å². The van der Waals surface area contributed by atoms with Gasteiger partial charge in [-0.1, -0.05) is 46.8 Å². The molecule has 0 spiro atoms. The van der Waals surface area contributed by atoms with Gasteiger partial charge >= 0.3 is 0 Å². The van der Waals surface area contributed by atoms with Crippen LogP contribution in [0.25, 0.3) is 0 Å². The van der Waals surface area contributed by atoms with Crippen LogP contribution in [0, 0.1) is 0 Å². The fraction of sp³-hybridized carbons (Fsp3) is 0.375. The van der Waals surface area contributed by atoms with Crippen LogP contribution in [-0.4, -0.2) is 34.0 Å². The lowest BCUT2D eigenvalue weighted by molar-refractivity contribution is -0.135. The van der Waals surface area contributed by atoms with E-state index >= 15 is 0 Å². The molecule has 0 bridgehead atoms. The molecule has 1 unspecified atom stereocenters. The molecule has 0 aliphatic carbocycles. The van der Waals surface area contributed by atoms with Crippen molar-refractivity contribution in [3.05, 3.63) is 40.9 Å². The van der Waals surface area contributed by atoms with Crippen LogP contribution in [0.3, 0.4) is 0 Å². The van der Waals surface area contributed by atoms with Crippen LogP contribution in [0.2, 0.25) is 0 Å². The molecule has 8 heteroatoms. The van der Waals surface area contributed by atoms with Crippen LogP contribution >= 0.6 is 11.3 Å². The van der Waals surface area contributed by atoms with E-state index in [0.29, 0.717) is 29.8 Å². The molecule has 2 aromatic rings. The number of rotatable bonds is 6. The molecule has 1 aromatic carbocycles. The van der Waals surface area contributed by atoms with Gasteiger partial charge in [-0.05, 0) is 19.4 Å². The van der Waals surface area contributed by atoms with Gasteiger partial charge in [0.15, 0.2) is 0 Å². The third kappa shape index (κ3) is 3.60. The maximum Gasteiger partial charge on any atom is 0.273 e. The molecule has 0 saturated carbocycles. The fourth-order valence-corrected chi connectivity index (χ4v) is 2.90. The summed E-state index contributed by atoms with van der Waals surface area (Å²) in [5, 5.41) is 15.9. The number of amides is 1. The first-order valence-electron chi connectivity index (χ1n) is 7.63. The molecule has 126 valence electrons. The molecule has 0 fully saturated rings. The predicted molar refractivity (Wildman–Crippen MR) is 91.0 cm³/mol. The lowest BCUT2D eigenvalue weighted by Crippen LogP contribution is -2.40. The van der Waals surface area contributed by atoms with Gasteiger partial charge in [-0.2, -0.15) is 0 Å². The third-order valence-electron chi connectivity index (χ3n) is 3.57. The first kappa shape index (κ1) is 16.5. The minimum Gasteiger partial charge on any atom is -0.379 e. The summed E-state index contributed by atoms with van der Waals surface area (Å²) in [6.07, 6.45) is 0.396. The van der Waals surface area contributed by atoms with Gasteiger partial charge in [-0.25, -0.2) is 0 Å². The second-order valence-electron chi connectivity index (χ2n) is 5.50. The lowest BCUT2D eigenvalue weighted by atomic mass is 9.95. The summed E-state index contributed by atoms with van der Waals surface area (Å²) >= 11 is 1.28. The van der Waals surface area contributed by atoms with E-state index in [4.69, 9.17) is 9.57 Å². The van der Waals surface area contributed by atoms with Gasteiger partial charge in [0.1, 0.15) is 11.6 Å². The molecular formula is C16H18N4O3S. The van der Waals surface area contributed by atoms with Crippen molar-refractivity contribution in [2.45, 2.75) is 32.5 Å². The molecule has 1 aliphatic heterocycles. The summed E-state index contributed by atoms with van der Waals surface area (Å²) in [4.78, 5) is 18.0. The van der Waals surface area contributed by atoms with Gasteiger partial charge in [0.2, 0.25) is 10.7 Å². The Labute approximate surface area is 143 Å². The predicted octanol–water partition coefficient (Wildman–Crippen LogP) is 2.60. The van der Waals surface area contributed by atoms with Crippen LogP contribution in [0.1, 0.15) is 30.8 Å². The Bertz CT molecular complexity index is 747. The average molecular weight is 346 g/mol. The quantitative estimate of drug-likeness (QED) is 0.869. The van der Waals surface area contributed by atoms with E-state index in [2.05, 4.69) is 20.7 Å². The van der Waals surface area contributed by atoms with Crippen molar-refractivity contribution in [2.75, 3.05) is 11.9 Å². The van der Waals surface area contributed by atoms with E-state index in [1.807, 2.05) is 37.3 Å². The Morgan fingerprint density at radius 2 is 2.17 bits per heavy atom. The molecular weight excluding hydrogens is 328 g/mol. The van der Waals surface area contributed by atoms with Crippen molar-refractivity contribution in [3.8, 4) is 0 Å². The second kappa shape index (κ2) is 7.06. The lowest BCUT2D eigenvalue weighted by Gasteiger charge is -2.19. The highest BCUT2D eigenvalue weighted by molar-refractivity contribution is 7.15. The Morgan fingerprint density at radius 3 is 2.92 bits per heavy atom. The summed E-state index contributed by atoms with van der Waals surface area (Å²) in [6, 6.07) is 9.66. The second-order valence-corrected chi connectivity index (χ2v) is 6.56. The van der Waals surface area contributed by atoms with Crippen LogP contribution in [0.5, 0.6) is 0 Å². The minimum absolute atomic E-state index is 0.295. The van der Waals surface area contributed by atoms with E-state index < -0.39 is 5.60 Å². The van der Waals surface area contributed by atoms with Gasteiger partial charge in [-0.15, -0.1) is 10.2 Å². The largest absolute Gasteiger partial charge is 0.379 e. The van der Waals surface area contributed by atoms with Crippen molar-refractivity contribution in [1.29, 1.82) is 0 Å². The molecule has 1 N–H and O–H groups in total. The smallest absolute Gasteiger partial charge is 0.273 e. The van der Waals surface area contributed by atoms with Crippen molar-refractivity contribution in [2.24, 2.45) is 5.16 Å². The Hall–Kier alpha value is -2.32. The summed E-state index contributed by atoms with van der Waals surface area (Å²) in [6.45, 7) is 4.61. The molecule has 2 heterocycles. The Morgan fingerprint density at radius 1 is 1.38 bits per heavy atom. The average Bonchev–Trinajstić information content (AvgIpc) is 3.21. The summed E-state index contributed by atoms with van der Waals surface area (Å²) in [7, 11) is 0. The molecule has 3 rings (SSSR count). The molecule has 1 aliphatic rings. The third-order valence-corrected chi connectivity index (χ3v) is 4.38. The number of carbonyl (C=O) groups excluding carboxylic acids is 1. The van der Waals surface area contributed by atoms with Crippen LogP contribution in [0.15, 0.2) is 35.5 Å². The summed E-state index contributed by atoms with van der Waals surface area (Å²) in [5.41, 5.74) is 0.642. The van der Waals surface area contributed by atoms with Crippen molar-refractivity contribution in [1.82, 2.24) is 10.2 Å². The number of ether oxygens (including phenoxy) is 1. The standard InChI is InChI=1S/C16H18N4O3S/c1-3-22-10-13-18-19-15(24-13)17-14(21)16(2)9-12(20-23-16)11-7-5-4-6-8-11/h4-8H,3,9-10H2,1-2H3,(H,17,19,21). The monoisotopic (exact) mass is 346 g/mol. The Kier molecular flexibility index (Phi) is 4.86. The van der Waals surface area contributed by atoms with Crippen LogP contribution < -0.4 is 5.32 Å². The zero-order chi connectivity index (χ0) is 17.0. The highest BCUT2D eigenvalue weighted by Gasteiger charge is 2.42. The van der Waals surface area contributed by atoms with Crippen molar-refractivity contribution >= 4 is 28.1 Å². The highest BCUT2D eigenvalue weighted by Crippen LogP contribution is 2.28. The topological polar surface area (TPSA) is 85.7 Å². The van der Waals surface area contributed by atoms with E-state index in [9.17, 15) is 4.79 Å². The number of carbonyl (C=O) groups is 1. The van der Waals surface area contributed by atoms with Gasteiger partial charge in [0.25, 0.3) is 5.91 Å². The zero-order valence-corrected chi connectivity index (χ0v) is 14.3. The number of aromatic nitrogens is 2. The molecule has 0 saturated heterocycles. The zero-order valence-electron chi connectivity index (χ0n) is 13.5. The molecule has 1 aromatic heterocycles. The number of nitrogens with one attached hydrogen (secondary N) is 1. The number of nitrogens with zero attached hydrogens (tertiary/aromatic N) is 3. The molecule has 1 amide bonds. The highest BCUT2D eigenvalue weighted by atomic mass is 32.1. The van der Waals surface area contributed by atoms with Crippen molar-refractivity contribution < 1.29 is 14.4 Å². The molecule has 24 heavy (non-hydrogen) atoms. The maximum atomic E-state index is 12.5. The van der Waals surface area contributed by atoms with E-state index in [0.717, 1.165) is 11.3 Å². The molecule has 0 radical (unpaired) electrons. The maximum absolute atomic E-state index is 12.5. The van der Waals surface area contributed by atoms with Gasteiger partial charge < -0.3 is 9.57 Å². The number of oxime groups is 1. The number of benzene rings is 1. The number of anilines is 1. The number of hydrogen-bond acceptors (Lipinski definition) is 7. The minimum atomic E-state index is -1.06.